The number of hydrogen-bond donors (Lipinski definition) is 1. The van der Waals surface area contributed by atoms with Gasteiger partial charge in [0.25, 0.3) is 0 Å². The smallest absolute Gasteiger partial charge is 0.408 e. The monoisotopic (exact) mass is 441 g/mol. The van der Waals surface area contributed by atoms with Gasteiger partial charge in [-0.1, -0.05) is 61.5 Å². The van der Waals surface area contributed by atoms with Gasteiger partial charge in [0.2, 0.25) is 0 Å². The van der Waals surface area contributed by atoms with Gasteiger partial charge in [0.1, 0.15) is 18.7 Å². The number of amides is 1. The van der Waals surface area contributed by atoms with Crippen molar-refractivity contribution < 1.29 is 19.1 Å². The number of carbonyl (C=O) groups excluding carboxylic acids is 2. The lowest BCUT2D eigenvalue weighted by Gasteiger charge is -2.24. The van der Waals surface area contributed by atoms with Crippen LogP contribution in [-0.2, 0) is 14.3 Å². The van der Waals surface area contributed by atoms with Crippen molar-refractivity contribution in [2.45, 2.75) is 58.0 Å². The van der Waals surface area contributed by atoms with Crippen LogP contribution in [0.25, 0.3) is 10.4 Å². The van der Waals surface area contributed by atoms with Crippen LogP contribution < -0.4 is 5.32 Å². The molecular formula is C23H31N5O4. The maximum atomic E-state index is 12.4. The fourth-order valence-electron chi connectivity index (χ4n) is 2.98. The number of esters is 1. The van der Waals surface area contributed by atoms with E-state index >= 15 is 0 Å². The Labute approximate surface area is 189 Å². The van der Waals surface area contributed by atoms with Crippen molar-refractivity contribution in [3.8, 4) is 6.07 Å². The lowest BCUT2D eigenvalue weighted by Crippen LogP contribution is -2.43. The molecule has 9 heteroatoms. The number of hydrogen-bond acceptors (Lipinski definition) is 6. The molecule has 0 bridgehead atoms. The molecule has 1 aliphatic rings. The first kappa shape index (κ1) is 26.5. The van der Waals surface area contributed by atoms with Gasteiger partial charge in [-0.3, -0.25) is 0 Å². The molecule has 1 N–H and O–H groups in total. The summed E-state index contributed by atoms with van der Waals surface area (Å²) in [4.78, 5) is 27.5. The third kappa shape index (κ3) is 10.5. The molecule has 0 radical (unpaired) electrons. The van der Waals surface area contributed by atoms with Crippen molar-refractivity contribution in [2.24, 2.45) is 11.0 Å². The summed E-state index contributed by atoms with van der Waals surface area (Å²) in [7, 11) is 0. The zero-order valence-electron chi connectivity index (χ0n) is 18.9. The molecule has 2 unspecified atom stereocenters. The van der Waals surface area contributed by atoms with Crippen molar-refractivity contribution in [1.82, 2.24) is 5.32 Å². The predicted molar refractivity (Wildman–Crippen MR) is 121 cm³/mol. The van der Waals surface area contributed by atoms with E-state index in [1.165, 1.54) is 0 Å². The summed E-state index contributed by atoms with van der Waals surface area (Å²) in [6.07, 6.45) is 11.7. The molecular weight excluding hydrogens is 410 g/mol. The molecule has 0 aromatic rings. The van der Waals surface area contributed by atoms with Gasteiger partial charge in [-0.15, -0.1) is 0 Å². The highest BCUT2D eigenvalue weighted by molar-refractivity contribution is 5.81. The molecule has 172 valence electrons. The SMILES string of the molecule is C=C(/C=C\C(C)(C)N=[N+]=[N-])COC(=O)NC(CC1C/C=C\CC/C=C/1C)C(=O)OCC#N. The summed E-state index contributed by atoms with van der Waals surface area (Å²) in [6.45, 7) is 8.75. The second-order valence-corrected chi connectivity index (χ2v) is 8.04. The number of nitriles is 1. The minimum atomic E-state index is -0.954. The van der Waals surface area contributed by atoms with E-state index in [1.807, 2.05) is 6.92 Å². The lowest BCUT2D eigenvalue weighted by atomic mass is 9.87. The Morgan fingerprint density at radius 1 is 1.44 bits per heavy atom. The number of carbonyl (C=O) groups is 2. The Bertz CT molecular complexity index is 860. The van der Waals surface area contributed by atoms with Gasteiger partial charge in [0.15, 0.2) is 6.61 Å². The number of allylic oxidation sites excluding steroid dienone is 4. The quantitative estimate of drug-likeness (QED) is 0.126. The van der Waals surface area contributed by atoms with E-state index in [2.05, 4.69) is 40.1 Å². The Kier molecular flexibility index (Phi) is 11.4. The van der Waals surface area contributed by atoms with Crippen molar-refractivity contribution in [3.05, 3.63) is 58.5 Å². The summed E-state index contributed by atoms with van der Waals surface area (Å²) in [5.74, 6) is -0.635. The minimum absolute atomic E-state index is 0.0484. The molecule has 1 aliphatic carbocycles. The van der Waals surface area contributed by atoms with E-state index in [4.69, 9.17) is 20.3 Å². The van der Waals surface area contributed by atoms with Crippen LogP contribution in [0.4, 0.5) is 4.79 Å². The van der Waals surface area contributed by atoms with Crippen molar-refractivity contribution >= 4 is 12.1 Å². The van der Waals surface area contributed by atoms with Gasteiger partial charge in [0, 0.05) is 4.91 Å². The van der Waals surface area contributed by atoms with Gasteiger partial charge >= 0.3 is 12.1 Å². The van der Waals surface area contributed by atoms with E-state index in [0.29, 0.717) is 12.0 Å². The average molecular weight is 442 g/mol. The van der Waals surface area contributed by atoms with Gasteiger partial charge in [-0.05, 0) is 49.6 Å². The highest BCUT2D eigenvalue weighted by atomic mass is 16.6. The minimum Gasteiger partial charge on any atom is -0.449 e. The van der Waals surface area contributed by atoms with E-state index < -0.39 is 30.3 Å². The van der Waals surface area contributed by atoms with Gasteiger partial charge < -0.3 is 14.8 Å². The third-order valence-electron chi connectivity index (χ3n) is 4.82. The maximum Gasteiger partial charge on any atom is 0.408 e. The molecule has 0 spiro atoms. The van der Waals surface area contributed by atoms with Crippen LogP contribution >= 0.6 is 0 Å². The van der Waals surface area contributed by atoms with E-state index in [0.717, 1.165) is 24.8 Å². The molecule has 1 amide bonds. The molecule has 32 heavy (non-hydrogen) atoms. The molecule has 0 heterocycles. The number of rotatable bonds is 10. The Morgan fingerprint density at radius 2 is 2.19 bits per heavy atom. The molecule has 1 rings (SSSR count). The summed E-state index contributed by atoms with van der Waals surface area (Å²) in [5.41, 5.74) is 9.43. The summed E-state index contributed by atoms with van der Waals surface area (Å²) < 4.78 is 10.1. The fourth-order valence-corrected chi connectivity index (χ4v) is 2.98. The van der Waals surface area contributed by atoms with Gasteiger partial charge in [-0.2, -0.15) is 5.26 Å². The number of nitrogens with one attached hydrogen (secondary N) is 1. The Morgan fingerprint density at radius 3 is 2.88 bits per heavy atom. The molecule has 0 aliphatic heterocycles. The van der Waals surface area contributed by atoms with Crippen LogP contribution in [0, 0.1) is 17.2 Å². The van der Waals surface area contributed by atoms with Crippen LogP contribution in [0.15, 0.2) is 53.2 Å². The van der Waals surface area contributed by atoms with Crippen LogP contribution in [0.5, 0.6) is 0 Å². The second kappa shape index (κ2) is 13.7. The maximum absolute atomic E-state index is 12.4. The first-order chi connectivity index (χ1) is 15.2. The molecule has 9 nitrogen and oxygen atoms in total. The number of ether oxygens (including phenoxy) is 2. The summed E-state index contributed by atoms with van der Waals surface area (Å²) in [6, 6.07) is 0.800. The summed E-state index contributed by atoms with van der Waals surface area (Å²) in [5, 5.41) is 14.9. The standard InChI is InChI=1S/C23H31N5O4/c1-17(11-12-23(3,4)27-28-25)16-32-22(30)26-20(21(29)31-14-13-24)15-19-10-8-6-5-7-9-18(19)2/h6,8-9,11-12,19-20H,1,5,7,10,14-16H2,2-4H3,(H,26,30)/b8-6-,12-11-,18-9+. The average Bonchev–Trinajstić information content (AvgIpc) is 2.73. The topological polar surface area (TPSA) is 137 Å². The van der Waals surface area contributed by atoms with Gasteiger partial charge in [0.05, 0.1) is 5.54 Å². The van der Waals surface area contributed by atoms with Crippen molar-refractivity contribution in [2.75, 3.05) is 13.2 Å². The van der Waals surface area contributed by atoms with E-state index in [-0.39, 0.29) is 12.5 Å². The molecule has 2 atom stereocenters. The van der Waals surface area contributed by atoms with Crippen LogP contribution in [0.3, 0.4) is 0 Å². The number of nitrogens with zero attached hydrogens (tertiary/aromatic N) is 4. The zero-order chi connectivity index (χ0) is 24.0. The Balaban J connectivity index is 2.75. The number of azide groups is 1. The van der Waals surface area contributed by atoms with Crippen LogP contribution in [-0.4, -0.2) is 36.9 Å². The first-order valence-electron chi connectivity index (χ1n) is 10.4. The summed E-state index contributed by atoms with van der Waals surface area (Å²) >= 11 is 0. The normalized spacial score (nSPS) is 19.7. The molecule has 0 fully saturated rings. The van der Waals surface area contributed by atoms with Crippen molar-refractivity contribution in [1.29, 1.82) is 5.26 Å². The van der Waals surface area contributed by atoms with E-state index in [1.54, 1.807) is 32.1 Å². The molecule has 0 aromatic carbocycles. The lowest BCUT2D eigenvalue weighted by molar-refractivity contribution is -0.145. The van der Waals surface area contributed by atoms with Crippen LogP contribution in [0.1, 0.15) is 46.5 Å². The zero-order valence-corrected chi connectivity index (χ0v) is 18.9. The largest absolute Gasteiger partial charge is 0.449 e. The van der Waals surface area contributed by atoms with Crippen molar-refractivity contribution in [3.63, 3.8) is 0 Å². The highest BCUT2D eigenvalue weighted by Gasteiger charge is 2.27. The molecule has 0 aromatic heterocycles. The van der Waals surface area contributed by atoms with Gasteiger partial charge in [-0.25, -0.2) is 9.59 Å². The van der Waals surface area contributed by atoms with Crippen LogP contribution in [0.2, 0.25) is 0 Å². The number of alkyl carbamates (subject to hydrolysis) is 1. The predicted octanol–water partition coefficient (Wildman–Crippen LogP) is 5.04. The third-order valence-corrected chi connectivity index (χ3v) is 4.82. The second-order valence-electron chi connectivity index (χ2n) is 8.04. The van der Waals surface area contributed by atoms with E-state index in [9.17, 15) is 9.59 Å². The molecule has 0 saturated heterocycles. The first-order valence-corrected chi connectivity index (χ1v) is 10.4. The Hall–Kier alpha value is -3.50. The molecule has 0 saturated carbocycles. The highest BCUT2D eigenvalue weighted by Crippen LogP contribution is 2.25. The fraction of sp³-hybridized carbons (Fsp3) is 0.522.